The molecular weight excluding hydrogens is 190 g/mol. The van der Waals surface area contributed by atoms with Gasteiger partial charge in [-0.1, -0.05) is 11.6 Å². The van der Waals surface area contributed by atoms with Crippen LogP contribution in [0.25, 0.3) is 0 Å². The first-order valence-electron chi connectivity index (χ1n) is 4.11. The fraction of sp³-hybridized carbons (Fsp3) is 0.500. The van der Waals surface area contributed by atoms with Crippen LogP contribution in [0.4, 0.5) is 5.82 Å². The van der Waals surface area contributed by atoms with Crippen LogP contribution in [0, 0.1) is 0 Å². The van der Waals surface area contributed by atoms with Crippen molar-refractivity contribution in [3.05, 3.63) is 17.5 Å². The first-order chi connectivity index (χ1) is 6.26. The summed E-state index contributed by atoms with van der Waals surface area (Å²) in [5, 5.41) is 12.5. The first kappa shape index (κ1) is 8.72. The summed E-state index contributed by atoms with van der Waals surface area (Å²) in [6.07, 6.45) is 5.01. The van der Waals surface area contributed by atoms with Gasteiger partial charge in [0.2, 0.25) is 0 Å². The van der Waals surface area contributed by atoms with E-state index in [1.165, 1.54) is 6.20 Å². The Morgan fingerprint density at radius 2 is 2.15 bits per heavy atom. The monoisotopic (exact) mass is 199 g/mol. The quantitative estimate of drug-likeness (QED) is 0.765. The van der Waals surface area contributed by atoms with Gasteiger partial charge in [0.15, 0.2) is 11.0 Å². The van der Waals surface area contributed by atoms with Crippen molar-refractivity contribution >= 4 is 17.4 Å². The molecular formula is C8H10ClN3O. The van der Waals surface area contributed by atoms with Crippen molar-refractivity contribution in [3.63, 3.8) is 0 Å². The lowest BCUT2D eigenvalue weighted by Gasteiger charge is -2.14. The number of aliphatic hydroxyl groups excluding tert-OH is 1. The molecule has 2 rings (SSSR count). The Morgan fingerprint density at radius 1 is 1.46 bits per heavy atom. The van der Waals surface area contributed by atoms with Crippen molar-refractivity contribution in [2.75, 3.05) is 11.9 Å². The first-order valence-corrected chi connectivity index (χ1v) is 4.49. The van der Waals surface area contributed by atoms with Gasteiger partial charge in [-0.05, 0) is 12.8 Å². The van der Waals surface area contributed by atoms with Crippen molar-refractivity contribution in [2.24, 2.45) is 0 Å². The molecule has 1 fully saturated rings. The van der Waals surface area contributed by atoms with Crippen LogP contribution in [-0.4, -0.2) is 27.2 Å². The number of rotatable bonds is 3. The molecule has 1 aliphatic carbocycles. The van der Waals surface area contributed by atoms with Gasteiger partial charge in [0, 0.05) is 12.4 Å². The van der Waals surface area contributed by atoms with Crippen LogP contribution in [0.1, 0.15) is 12.8 Å². The maximum atomic E-state index is 9.05. The van der Waals surface area contributed by atoms with Gasteiger partial charge in [-0.3, -0.25) is 0 Å². The molecule has 1 heterocycles. The average molecular weight is 200 g/mol. The van der Waals surface area contributed by atoms with Crippen molar-refractivity contribution in [2.45, 2.75) is 18.4 Å². The minimum absolute atomic E-state index is 0.111. The third-order valence-corrected chi connectivity index (χ3v) is 2.47. The predicted molar refractivity (Wildman–Crippen MR) is 49.7 cm³/mol. The summed E-state index contributed by atoms with van der Waals surface area (Å²) in [4.78, 5) is 7.92. The number of anilines is 1. The minimum atomic E-state index is -0.195. The number of hydrogen-bond donors (Lipinski definition) is 2. The summed E-state index contributed by atoms with van der Waals surface area (Å²) >= 11 is 5.80. The number of aromatic nitrogens is 2. The molecule has 1 aromatic rings. The number of hydrogen-bond acceptors (Lipinski definition) is 4. The van der Waals surface area contributed by atoms with E-state index in [0.717, 1.165) is 12.8 Å². The van der Waals surface area contributed by atoms with Crippen LogP contribution in [-0.2, 0) is 0 Å². The standard InChI is InChI=1S/C8H10ClN3O/c9-6-7(11-4-3-10-6)12-8(5-13)1-2-8/h3-4,13H,1-2,5H2,(H,11,12). The van der Waals surface area contributed by atoms with Gasteiger partial charge >= 0.3 is 0 Å². The van der Waals surface area contributed by atoms with Crippen LogP contribution in [0.15, 0.2) is 12.4 Å². The molecule has 0 atom stereocenters. The highest BCUT2D eigenvalue weighted by Crippen LogP contribution is 2.38. The summed E-state index contributed by atoms with van der Waals surface area (Å²) < 4.78 is 0. The van der Waals surface area contributed by atoms with Crippen molar-refractivity contribution in [1.29, 1.82) is 0 Å². The molecule has 0 unspecified atom stereocenters. The molecule has 1 saturated carbocycles. The van der Waals surface area contributed by atoms with Crippen LogP contribution in [0.5, 0.6) is 0 Å². The lowest BCUT2D eigenvalue weighted by atomic mass is 10.3. The molecule has 0 bridgehead atoms. The highest BCUT2D eigenvalue weighted by Gasteiger charge is 2.42. The molecule has 0 spiro atoms. The number of halogens is 1. The van der Waals surface area contributed by atoms with E-state index in [1.54, 1.807) is 6.20 Å². The van der Waals surface area contributed by atoms with Crippen LogP contribution < -0.4 is 5.32 Å². The van der Waals surface area contributed by atoms with E-state index in [4.69, 9.17) is 16.7 Å². The molecule has 70 valence electrons. The molecule has 5 heteroatoms. The average Bonchev–Trinajstić information content (AvgIpc) is 2.90. The van der Waals surface area contributed by atoms with Gasteiger partial charge in [-0.15, -0.1) is 0 Å². The Hall–Kier alpha value is -0.870. The third-order valence-electron chi connectivity index (χ3n) is 2.19. The molecule has 13 heavy (non-hydrogen) atoms. The molecule has 0 saturated heterocycles. The largest absolute Gasteiger partial charge is 0.394 e. The Morgan fingerprint density at radius 3 is 2.69 bits per heavy atom. The van der Waals surface area contributed by atoms with Gasteiger partial charge in [0.25, 0.3) is 0 Å². The van der Waals surface area contributed by atoms with E-state index < -0.39 is 0 Å². The zero-order valence-electron chi connectivity index (χ0n) is 7.00. The van der Waals surface area contributed by atoms with E-state index in [-0.39, 0.29) is 12.1 Å². The van der Waals surface area contributed by atoms with Crippen LogP contribution in [0.3, 0.4) is 0 Å². The Kier molecular flexibility index (Phi) is 2.09. The van der Waals surface area contributed by atoms with Gasteiger partial charge in [0.1, 0.15) is 0 Å². The topological polar surface area (TPSA) is 58.0 Å². The Balaban J connectivity index is 2.14. The van der Waals surface area contributed by atoms with E-state index in [2.05, 4.69) is 15.3 Å². The molecule has 2 N–H and O–H groups in total. The second kappa shape index (κ2) is 3.12. The lowest BCUT2D eigenvalue weighted by molar-refractivity contribution is 0.266. The Bertz CT molecular complexity index is 314. The molecule has 0 radical (unpaired) electrons. The van der Waals surface area contributed by atoms with Gasteiger partial charge in [-0.25, -0.2) is 9.97 Å². The normalized spacial score (nSPS) is 18.3. The molecule has 0 aromatic carbocycles. The summed E-state index contributed by atoms with van der Waals surface area (Å²) in [6, 6.07) is 0. The second-order valence-corrected chi connectivity index (χ2v) is 3.62. The summed E-state index contributed by atoms with van der Waals surface area (Å²) in [5.74, 6) is 0.552. The van der Waals surface area contributed by atoms with Gasteiger partial charge < -0.3 is 10.4 Å². The summed E-state index contributed by atoms with van der Waals surface area (Å²) in [5.41, 5.74) is -0.195. The van der Waals surface area contributed by atoms with Gasteiger partial charge in [0.05, 0.1) is 12.1 Å². The van der Waals surface area contributed by atoms with E-state index in [0.29, 0.717) is 11.0 Å². The lowest BCUT2D eigenvalue weighted by Crippen LogP contribution is -2.26. The zero-order valence-corrected chi connectivity index (χ0v) is 7.75. The summed E-state index contributed by atoms with van der Waals surface area (Å²) in [7, 11) is 0. The third kappa shape index (κ3) is 1.73. The van der Waals surface area contributed by atoms with Crippen molar-refractivity contribution in [1.82, 2.24) is 9.97 Å². The van der Waals surface area contributed by atoms with E-state index in [1.807, 2.05) is 0 Å². The maximum absolute atomic E-state index is 9.05. The fourth-order valence-electron chi connectivity index (χ4n) is 1.13. The summed E-state index contributed by atoms with van der Waals surface area (Å²) in [6.45, 7) is 0.111. The molecule has 0 amide bonds. The molecule has 1 aliphatic rings. The SMILES string of the molecule is OCC1(Nc2nccnc2Cl)CC1. The van der Waals surface area contributed by atoms with Crippen molar-refractivity contribution < 1.29 is 5.11 Å². The minimum Gasteiger partial charge on any atom is -0.394 e. The van der Waals surface area contributed by atoms with E-state index >= 15 is 0 Å². The fourth-order valence-corrected chi connectivity index (χ4v) is 1.28. The molecule has 0 aliphatic heterocycles. The Labute approximate surface area is 81.0 Å². The zero-order chi connectivity index (χ0) is 9.31. The van der Waals surface area contributed by atoms with Crippen LogP contribution >= 0.6 is 11.6 Å². The van der Waals surface area contributed by atoms with Crippen LogP contribution in [0.2, 0.25) is 5.15 Å². The van der Waals surface area contributed by atoms with Gasteiger partial charge in [-0.2, -0.15) is 0 Å². The molecule has 1 aromatic heterocycles. The maximum Gasteiger partial charge on any atom is 0.171 e. The highest BCUT2D eigenvalue weighted by atomic mass is 35.5. The smallest absolute Gasteiger partial charge is 0.171 e. The number of nitrogens with zero attached hydrogens (tertiary/aromatic N) is 2. The number of aliphatic hydroxyl groups is 1. The second-order valence-electron chi connectivity index (χ2n) is 3.26. The highest BCUT2D eigenvalue weighted by molar-refractivity contribution is 6.31. The van der Waals surface area contributed by atoms with E-state index in [9.17, 15) is 0 Å². The van der Waals surface area contributed by atoms with Crippen molar-refractivity contribution in [3.8, 4) is 0 Å². The number of nitrogens with one attached hydrogen (secondary N) is 1. The predicted octanol–water partition coefficient (Wildman–Crippen LogP) is 1.07. The molecule has 4 nitrogen and oxygen atoms in total.